The third-order valence-corrected chi connectivity index (χ3v) is 2.94. The number of benzene rings is 1. The first-order chi connectivity index (χ1) is 10.1. The minimum absolute atomic E-state index is 0. The molecule has 0 aliphatic rings. The van der Waals surface area contributed by atoms with Crippen LogP contribution in [0.4, 0.5) is 0 Å². The summed E-state index contributed by atoms with van der Waals surface area (Å²) in [5.74, 6) is 2.50. The van der Waals surface area contributed by atoms with Crippen LogP contribution in [0, 0.1) is 0 Å². The van der Waals surface area contributed by atoms with Gasteiger partial charge in [0.25, 0.3) is 0 Å². The Morgan fingerprint density at radius 2 is 1.77 bits per heavy atom. The average molecular weight is 421 g/mol. The van der Waals surface area contributed by atoms with Gasteiger partial charge in [-0.25, -0.2) is 0 Å². The Kier molecular flexibility index (Phi) is 10.8. The number of nitrogens with one attached hydrogen (secondary N) is 1. The zero-order chi connectivity index (χ0) is 15.7. The highest BCUT2D eigenvalue weighted by Crippen LogP contribution is 2.28. The zero-order valence-corrected chi connectivity index (χ0v) is 16.5. The summed E-state index contributed by atoms with van der Waals surface area (Å²) in [6.07, 6.45) is 0.902. The van der Waals surface area contributed by atoms with Crippen molar-refractivity contribution in [3.05, 3.63) is 23.8 Å². The summed E-state index contributed by atoms with van der Waals surface area (Å²) in [5, 5.41) is 3.31. The molecule has 1 N–H and O–H groups in total. The second-order valence-corrected chi connectivity index (χ2v) is 4.77. The van der Waals surface area contributed by atoms with Crippen LogP contribution in [0.25, 0.3) is 0 Å². The van der Waals surface area contributed by atoms with Crippen LogP contribution in [0.15, 0.2) is 23.2 Å². The van der Waals surface area contributed by atoms with Crippen molar-refractivity contribution in [1.82, 2.24) is 10.2 Å². The SMILES string of the molecule is CCOc1ccc(CCNC(=NC)N(C)C)cc1OCC.I. The fraction of sp³-hybridized carbons (Fsp3) is 0.562. The maximum Gasteiger partial charge on any atom is 0.193 e. The lowest BCUT2D eigenvalue weighted by Gasteiger charge is -2.17. The van der Waals surface area contributed by atoms with Gasteiger partial charge in [0, 0.05) is 27.7 Å². The highest BCUT2D eigenvalue weighted by Gasteiger charge is 2.06. The topological polar surface area (TPSA) is 46.1 Å². The number of hydrogen-bond donors (Lipinski definition) is 1. The molecule has 0 amide bonds. The monoisotopic (exact) mass is 421 g/mol. The Morgan fingerprint density at radius 1 is 1.14 bits per heavy atom. The van der Waals surface area contributed by atoms with Crippen molar-refractivity contribution in [3.63, 3.8) is 0 Å². The summed E-state index contributed by atoms with van der Waals surface area (Å²) in [6, 6.07) is 6.10. The van der Waals surface area contributed by atoms with Crippen LogP contribution >= 0.6 is 24.0 Å². The van der Waals surface area contributed by atoms with Crippen molar-refractivity contribution < 1.29 is 9.47 Å². The quantitative estimate of drug-likeness (QED) is 0.418. The van der Waals surface area contributed by atoms with Crippen LogP contribution < -0.4 is 14.8 Å². The molecular weight excluding hydrogens is 393 g/mol. The lowest BCUT2D eigenvalue weighted by molar-refractivity contribution is 0.287. The van der Waals surface area contributed by atoms with Crippen LogP contribution in [0.1, 0.15) is 19.4 Å². The Labute approximate surface area is 151 Å². The second-order valence-electron chi connectivity index (χ2n) is 4.77. The van der Waals surface area contributed by atoms with Gasteiger partial charge in [-0.05, 0) is 38.0 Å². The molecule has 0 heterocycles. The molecule has 126 valence electrons. The minimum Gasteiger partial charge on any atom is -0.490 e. The number of aliphatic imine (C=N–C) groups is 1. The fourth-order valence-electron chi connectivity index (χ4n) is 2.01. The van der Waals surface area contributed by atoms with E-state index in [0.29, 0.717) is 13.2 Å². The van der Waals surface area contributed by atoms with Gasteiger partial charge in [-0.3, -0.25) is 4.99 Å². The third kappa shape index (κ3) is 6.72. The summed E-state index contributed by atoms with van der Waals surface area (Å²) in [6.45, 7) is 6.05. The average Bonchev–Trinajstić information content (AvgIpc) is 2.46. The first kappa shape index (κ1) is 20.8. The lowest BCUT2D eigenvalue weighted by Crippen LogP contribution is -2.37. The summed E-state index contributed by atoms with van der Waals surface area (Å²) in [4.78, 5) is 6.15. The van der Waals surface area contributed by atoms with Gasteiger partial charge in [0.1, 0.15) is 0 Å². The lowest BCUT2D eigenvalue weighted by atomic mass is 10.1. The first-order valence-corrected chi connectivity index (χ1v) is 7.38. The van der Waals surface area contributed by atoms with Gasteiger partial charge in [-0.2, -0.15) is 0 Å². The number of hydrogen-bond acceptors (Lipinski definition) is 3. The van der Waals surface area contributed by atoms with E-state index < -0.39 is 0 Å². The molecule has 1 rings (SSSR count). The fourth-order valence-corrected chi connectivity index (χ4v) is 2.01. The molecule has 6 heteroatoms. The van der Waals surface area contributed by atoms with Crippen molar-refractivity contribution >= 4 is 29.9 Å². The highest BCUT2D eigenvalue weighted by molar-refractivity contribution is 14.0. The van der Waals surface area contributed by atoms with Gasteiger partial charge in [-0.15, -0.1) is 24.0 Å². The molecule has 0 aliphatic heterocycles. The van der Waals surface area contributed by atoms with Gasteiger partial charge >= 0.3 is 0 Å². The number of guanidine groups is 1. The molecule has 22 heavy (non-hydrogen) atoms. The van der Waals surface area contributed by atoms with E-state index in [4.69, 9.17) is 9.47 Å². The highest BCUT2D eigenvalue weighted by atomic mass is 127. The number of ether oxygens (including phenoxy) is 2. The van der Waals surface area contributed by atoms with E-state index in [0.717, 1.165) is 30.4 Å². The number of halogens is 1. The minimum atomic E-state index is 0. The predicted octanol–water partition coefficient (Wildman–Crippen LogP) is 2.78. The van der Waals surface area contributed by atoms with E-state index in [1.807, 2.05) is 38.9 Å². The molecule has 0 unspecified atom stereocenters. The van der Waals surface area contributed by atoms with Gasteiger partial charge < -0.3 is 19.7 Å². The normalized spacial score (nSPS) is 10.7. The molecule has 0 bridgehead atoms. The first-order valence-electron chi connectivity index (χ1n) is 7.38. The Balaban J connectivity index is 0.00000441. The molecule has 0 spiro atoms. The Hall–Kier alpha value is -1.18. The molecule has 0 radical (unpaired) electrons. The summed E-state index contributed by atoms with van der Waals surface area (Å²) < 4.78 is 11.2. The van der Waals surface area contributed by atoms with Gasteiger partial charge in [0.2, 0.25) is 0 Å². The molecule has 1 aromatic carbocycles. The molecule has 0 fully saturated rings. The molecule has 0 saturated carbocycles. The number of nitrogens with zero attached hydrogens (tertiary/aromatic N) is 2. The molecule has 5 nitrogen and oxygen atoms in total. The van der Waals surface area contributed by atoms with E-state index in [9.17, 15) is 0 Å². The van der Waals surface area contributed by atoms with E-state index >= 15 is 0 Å². The van der Waals surface area contributed by atoms with Crippen molar-refractivity contribution in [1.29, 1.82) is 0 Å². The van der Waals surface area contributed by atoms with Crippen molar-refractivity contribution in [2.45, 2.75) is 20.3 Å². The molecule has 0 aromatic heterocycles. The summed E-state index contributed by atoms with van der Waals surface area (Å²) >= 11 is 0. The van der Waals surface area contributed by atoms with Crippen LogP contribution in [0.5, 0.6) is 11.5 Å². The largest absolute Gasteiger partial charge is 0.490 e. The molecular formula is C16H28IN3O2. The second kappa shape index (κ2) is 11.4. The van der Waals surface area contributed by atoms with Crippen LogP contribution in [-0.2, 0) is 6.42 Å². The summed E-state index contributed by atoms with van der Waals surface area (Å²) in [5.41, 5.74) is 1.21. The maximum absolute atomic E-state index is 5.64. The Morgan fingerprint density at radius 3 is 2.32 bits per heavy atom. The molecule has 0 atom stereocenters. The third-order valence-electron chi connectivity index (χ3n) is 2.94. The van der Waals surface area contributed by atoms with Crippen LogP contribution in [0.2, 0.25) is 0 Å². The zero-order valence-electron chi connectivity index (χ0n) is 14.2. The van der Waals surface area contributed by atoms with E-state index in [-0.39, 0.29) is 24.0 Å². The van der Waals surface area contributed by atoms with E-state index in [2.05, 4.69) is 22.4 Å². The van der Waals surface area contributed by atoms with Gasteiger partial charge in [0.05, 0.1) is 13.2 Å². The van der Waals surface area contributed by atoms with Crippen molar-refractivity contribution in [2.75, 3.05) is 40.9 Å². The Bertz CT molecular complexity index is 465. The van der Waals surface area contributed by atoms with Gasteiger partial charge in [0.15, 0.2) is 17.5 Å². The standard InChI is InChI=1S/C16H27N3O2.HI/c1-6-20-14-9-8-13(12-15(14)21-7-2)10-11-18-16(17-3)19(4)5;/h8-9,12H,6-7,10-11H2,1-5H3,(H,17,18);1H. The smallest absolute Gasteiger partial charge is 0.193 e. The molecule has 1 aromatic rings. The molecule has 0 saturated heterocycles. The van der Waals surface area contributed by atoms with Gasteiger partial charge in [-0.1, -0.05) is 6.07 Å². The summed E-state index contributed by atoms with van der Waals surface area (Å²) in [7, 11) is 5.73. The van der Waals surface area contributed by atoms with Crippen molar-refractivity contribution in [2.24, 2.45) is 4.99 Å². The van der Waals surface area contributed by atoms with E-state index in [1.165, 1.54) is 5.56 Å². The van der Waals surface area contributed by atoms with Crippen LogP contribution in [0.3, 0.4) is 0 Å². The van der Waals surface area contributed by atoms with E-state index in [1.54, 1.807) is 7.05 Å². The molecule has 0 aliphatic carbocycles. The maximum atomic E-state index is 5.64. The number of rotatable bonds is 7. The van der Waals surface area contributed by atoms with Crippen LogP contribution in [-0.4, -0.2) is 51.8 Å². The predicted molar refractivity (Wildman–Crippen MR) is 103 cm³/mol. The van der Waals surface area contributed by atoms with Crippen molar-refractivity contribution in [3.8, 4) is 11.5 Å².